The Balaban J connectivity index is 3.07. The van der Waals surface area contributed by atoms with Crippen molar-refractivity contribution in [3.8, 4) is 11.8 Å². The molecule has 1 rings (SSSR count). The third kappa shape index (κ3) is 2.11. The maximum Gasteiger partial charge on any atom is 0.122 e. The van der Waals surface area contributed by atoms with E-state index in [2.05, 4.69) is 15.9 Å². The highest BCUT2D eigenvalue weighted by Crippen LogP contribution is 2.22. The second-order valence-corrected chi connectivity index (χ2v) is 3.08. The average molecular weight is 224 g/mol. The zero-order valence-corrected chi connectivity index (χ0v) is 7.75. The predicted molar refractivity (Wildman–Crippen MR) is 50.5 cm³/mol. The molecule has 0 amide bonds. The van der Waals surface area contributed by atoms with E-state index in [0.29, 0.717) is 5.56 Å². The monoisotopic (exact) mass is 223 g/mol. The zero-order chi connectivity index (χ0) is 8.97. The first-order chi connectivity index (χ1) is 5.74. The van der Waals surface area contributed by atoms with Crippen molar-refractivity contribution >= 4 is 22.0 Å². The van der Waals surface area contributed by atoms with E-state index < -0.39 is 0 Å². The number of aromatic hydroxyl groups is 1. The third-order valence-corrected chi connectivity index (χ3v) is 1.82. The van der Waals surface area contributed by atoms with Crippen LogP contribution in [0.4, 0.5) is 0 Å². The predicted octanol–water partition coefficient (Wildman–Crippen LogP) is 2.69. The second-order valence-electron chi connectivity index (χ2n) is 2.17. The molecule has 3 heteroatoms. The lowest BCUT2D eigenvalue weighted by molar-refractivity contribution is 0.474. The van der Waals surface area contributed by atoms with Gasteiger partial charge in [-0.15, -0.1) is 0 Å². The van der Waals surface area contributed by atoms with Crippen LogP contribution in [-0.4, -0.2) is 5.11 Å². The van der Waals surface area contributed by atoms with Crippen LogP contribution in [0.15, 0.2) is 28.7 Å². The van der Waals surface area contributed by atoms with Crippen LogP contribution in [0.25, 0.3) is 6.08 Å². The number of nitriles is 1. The number of benzene rings is 1. The first-order valence-corrected chi connectivity index (χ1v) is 4.08. The first kappa shape index (κ1) is 8.82. The van der Waals surface area contributed by atoms with Crippen LogP contribution in [0.1, 0.15) is 5.56 Å². The van der Waals surface area contributed by atoms with Crippen LogP contribution in [0.2, 0.25) is 0 Å². The molecule has 0 unspecified atom stereocenters. The van der Waals surface area contributed by atoms with Crippen LogP contribution in [-0.2, 0) is 0 Å². The van der Waals surface area contributed by atoms with Gasteiger partial charge >= 0.3 is 0 Å². The summed E-state index contributed by atoms with van der Waals surface area (Å²) in [5.41, 5.74) is 0.630. The number of phenolic OH excluding ortho intramolecular Hbond substituents is 1. The van der Waals surface area contributed by atoms with Gasteiger partial charge < -0.3 is 5.11 Å². The highest BCUT2D eigenvalue weighted by molar-refractivity contribution is 9.10. The Kier molecular flexibility index (Phi) is 2.89. The molecule has 0 radical (unpaired) electrons. The summed E-state index contributed by atoms with van der Waals surface area (Å²) in [5.74, 6) is 0.171. The number of nitrogens with zero attached hydrogens (tertiary/aromatic N) is 1. The molecule has 0 aliphatic rings. The molecule has 0 aliphatic carbocycles. The normalized spacial score (nSPS) is 10.0. The van der Waals surface area contributed by atoms with E-state index in [-0.39, 0.29) is 5.75 Å². The molecule has 0 saturated heterocycles. The Morgan fingerprint density at radius 1 is 1.50 bits per heavy atom. The molecule has 0 atom stereocenters. The van der Waals surface area contributed by atoms with Gasteiger partial charge in [0.15, 0.2) is 0 Å². The van der Waals surface area contributed by atoms with E-state index in [4.69, 9.17) is 5.26 Å². The van der Waals surface area contributed by atoms with Crippen LogP contribution < -0.4 is 0 Å². The lowest BCUT2D eigenvalue weighted by Crippen LogP contribution is -1.74. The molecule has 0 fully saturated rings. The molecule has 0 heterocycles. The van der Waals surface area contributed by atoms with Crippen molar-refractivity contribution < 1.29 is 5.11 Å². The molecule has 0 spiro atoms. The van der Waals surface area contributed by atoms with E-state index in [0.717, 1.165) is 4.47 Å². The standard InChI is InChI=1S/C9H6BrNO/c10-8-3-4-9(12)7(6-8)2-1-5-11/h1-4,6,12H. The smallest absolute Gasteiger partial charge is 0.122 e. The van der Waals surface area contributed by atoms with E-state index in [1.165, 1.54) is 6.08 Å². The maximum absolute atomic E-state index is 9.28. The summed E-state index contributed by atoms with van der Waals surface area (Å²) in [5, 5.41) is 17.5. The van der Waals surface area contributed by atoms with E-state index in [1.807, 2.05) is 6.07 Å². The van der Waals surface area contributed by atoms with Gasteiger partial charge in [0.05, 0.1) is 6.07 Å². The molecule has 0 bridgehead atoms. The van der Waals surface area contributed by atoms with E-state index >= 15 is 0 Å². The summed E-state index contributed by atoms with van der Waals surface area (Å²) in [4.78, 5) is 0. The fourth-order valence-electron chi connectivity index (χ4n) is 0.786. The Bertz CT molecular complexity index is 352. The number of hydrogen-bond acceptors (Lipinski definition) is 2. The Labute approximate surface area is 78.9 Å². The summed E-state index contributed by atoms with van der Waals surface area (Å²) in [6.07, 6.45) is 2.88. The van der Waals surface area contributed by atoms with E-state index in [1.54, 1.807) is 24.3 Å². The van der Waals surface area contributed by atoms with Crippen molar-refractivity contribution in [2.45, 2.75) is 0 Å². The van der Waals surface area contributed by atoms with Gasteiger partial charge in [-0.05, 0) is 24.3 Å². The van der Waals surface area contributed by atoms with Crippen LogP contribution >= 0.6 is 15.9 Å². The number of hydrogen-bond donors (Lipinski definition) is 1. The first-order valence-electron chi connectivity index (χ1n) is 3.28. The van der Waals surface area contributed by atoms with Crippen molar-refractivity contribution in [1.82, 2.24) is 0 Å². The zero-order valence-electron chi connectivity index (χ0n) is 6.16. The van der Waals surface area contributed by atoms with Gasteiger partial charge in [-0.1, -0.05) is 15.9 Å². The number of halogens is 1. The topological polar surface area (TPSA) is 44.0 Å². The summed E-state index contributed by atoms with van der Waals surface area (Å²) in [6.45, 7) is 0. The van der Waals surface area contributed by atoms with Crippen molar-refractivity contribution in [1.29, 1.82) is 5.26 Å². The molecule has 1 N–H and O–H groups in total. The molecule has 0 aromatic heterocycles. The lowest BCUT2D eigenvalue weighted by Gasteiger charge is -1.97. The van der Waals surface area contributed by atoms with Crippen molar-refractivity contribution in [3.63, 3.8) is 0 Å². The Morgan fingerprint density at radius 2 is 2.25 bits per heavy atom. The summed E-state index contributed by atoms with van der Waals surface area (Å²) in [6, 6.07) is 6.90. The third-order valence-electron chi connectivity index (χ3n) is 1.33. The minimum absolute atomic E-state index is 0.171. The molecule has 12 heavy (non-hydrogen) atoms. The van der Waals surface area contributed by atoms with Gasteiger partial charge in [-0.3, -0.25) is 0 Å². The number of phenols is 1. The fraction of sp³-hybridized carbons (Fsp3) is 0. The maximum atomic E-state index is 9.28. The highest BCUT2D eigenvalue weighted by atomic mass is 79.9. The van der Waals surface area contributed by atoms with Gasteiger partial charge in [0.25, 0.3) is 0 Å². The Hall–Kier alpha value is -1.27. The van der Waals surface area contributed by atoms with Crippen molar-refractivity contribution in [2.24, 2.45) is 0 Å². The second kappa shape index (κ2) is 3.93. The molecule has 0 aliphatic heterocycles. The molecule has 0 saturated carbocycles. The van der Waals surface area contributed by atoms with Crippen molar-refractivity contribution in [2.75, 3.05) is 0 Å². The SMILES string of the molecule is N#CC=Cc1cc(Br)ccc1O. The van der Waals surface area contributed by atoms with Crippen LogP contribution in [0, 0.1) is 11.3 Å². The molecule has 1 aromatic rings. The number of allylic oxidation sites excluding steroid dienone is 1. The molecule has 2 nitrogen and oxygen atoms in total. The van der Waals surface area contributed by atoms with Gasteiger partial charge in [0, 0.05) is 16.1 Å². The van der Waals surface area contributed by atoms with Crippen LogP contribution in [0.5, 0.6) is 5.75 Å². The number of rotatable bonds is 1. The minimum Gasteiger partial charge on any atom is -0.507 e. The van der Waals surface area contributed by atoms with Gasteiger partial charge in [-0.2, -0.15) is 5.26 Å². The quantitative estimate of drug-likeness (QED) is 0.745. The van der Waals surface area contributed by atoms with Crippen molar-refractivity contribution in [3.05, 3.63) is 34.3 Å². The minimum atomic E-state index is 0.171. The summed E-state index contributed by atoms with van der Waals surface area (Å²) < 4.78 is 0.873. The van der Waals surface area contributed by atoms with E-state index in [9.17, 15) is 5.11 Å². The Morgan fingerprint density at radius 3 is 2.92 bits per heavy atom. The highest BCUT2D eigenvalue weighted by Gasteiger charge is 1.96. The lowest BCUT2D eigenvalue weighted by atomic mass is 10.2. The average Bonchev–Trinajstić information content (AvgIpc) is 2.07. The molecular weight excluding hydrogens is 218 g/mol. The summed E-state index contributed by atoms with van der Waals surface area (Å²) in [7, 11) is 0. The fourth-order valence-corrected chi connectivity index (χ4v) is 1.16. The molecule has 60 valence electrons. The van der Waals surface area contributed by atoms with Gasteiger partial charge in [-0.25, -0.2) is 0 Å². The molecular formula is C9H6BrNO. The van der Waals surface area contributed by atoms with Gasteiger partial charge in [0.2, 0.25) is 0 Å². The van der Waals surface area contributed by atoms with Crippen LogP contribution in [0.3, 0.4) is 0 Å². The largest absolute Gasteiger partial charge is 0.507 e. The summed E-state index contributed by atoms with van der Waals surface area (Å²) >= 11 is 3.26. The van der Waals surface area contributed by atoms with Gasteiger partial charge in [0.1, 0.15) is 5.75 Å². The molecule has 1 aromatic carbocycles.